The van der Waals surface area contributed by atoms with Crippen LogP contribution >= 0.6 is 0 Å². The normalized spacial score (nSPS) is 17.6. The molecule has 1 fully saturated rings. The molecule has 3 aromatic rings. The summed E-state index contributed by atoms with van der Waals surface area (Å²) >= 11 is 0. The molecule has 0 radical (unpaired) electrons. The Labute approximate surface area is 283 Å². The number of carboxylic acids is 1. The van der Waals surface area contributed by atoms with Crippen LogP contribution in [0.25, 0.3) is 5.32 Å². The summed E-state index contributed by atoms with van der Waals surface area (Å²) in [5.74, 6) is -24.6. The number of amides is 1. The maximum absolute atomic E-state index is 14.7. The van der Waals surface area contributed by atoms with Gasteiger partial charge in [-0.2, -0.15) is 39.5 Å². The molecule has 7 nitrogen and oxygen atoms in total. The zero-order valence-electron chi connectivity index (χ0n) is 24.9. The summed E-state index contributed by atoms with van der Waals surface area (Å²) in [6.45, 7) is 0.971. The molecule has 4 rings (SSSR count). The molecule has 1 aliphatic rings. The van der Waals surface area contributed by atoms with Crippen LogP contribution in [0.3, 0.4) is 0 Å². The number of carboxylic acid groups (broad SMARTS) is 1. The van der Waals surface area contributed by atoms with Gasteiger partial charge in [-0.3, -0.25) is 9.89 Å². The number of aliphatic imine (C=N–C) groups is 1. The number of aliphatic carboxylic acids is 1. The van der Waals surface area contributed by atoms with Crippen molar-refractivity contribution < 1.29 is 75.8 Å². The molecule has 3 aromatic carbocycles. The third-order valence-electron chi connectivity index (χ3n) is 7.67. The van der Waals surface area contributed by atoms with Crippen molar-refractivity contribution in [3.8, 4) is 0 Å². The SMILES string of the molecule is O=C(O)[C@@H](N=C(c1ccccc1)c1ccccc1[N-]C(=O)[C@@H]1CCCN1Cc1ccccc1)[C@H](O)C(F)(F)C(F)(F)C(F)(F)C(F)(F)F.[Ni]. The van der Waals surface area contributed by atoms with Crippen molar-refractivity contribution >= 4 is 23.3 Å². The van der Waals surface area contributed by atoms with E-state index in [9.17, 15) is 59.3 Å². The molecule has 49 heavy (non-hydrogen) atoms. The van der Waals surface area contributed by atoms with Crippen molar-refractivity contribution in [3.05, 3.63) is 107 Å². The number of aliphatic hydroxyl groups excluding tert-OH is 1. The van der Waals surface area contributed by atoms with Crippen LogP contribution in [0.1, 0.15) is 29.5 Å². The molecule has 3 atom stereocenters. The number of carbonyl (C=O) groups excluding carboxylic acids is 1. The van der Waals surface area contributed by atoms with Gasteiger partial charge in [0.05, 0.1) is 17.7 Å². The second kappa shape index (κ2) is 15.3. The zero-order valence-corrected chi connectivity index (χ0v) is 25.9. The Bertz CT molecular complexity index is 1630. The minimum Gasteiger partial charge on any atom is -0.625 e. The Balaban J connectivity index is 0.00000650. The Kier molecular flexibility index (Phi) is 12.3. The summed E-state index contributed by atoms with van der Waals surface area (Å²) in [5, 5.41) is 23.9. The van der Waals surface area contributed by atoms with Gasteiger partial charge >= 0.3 is 29.9 Å². The predicted octanol–water partition coefficient (Wildman–Crippen LogP) is 7.00. The van der Waals surface area contributed by atoms with Crippen molar-refractivity contribution in [3.63, 3.8) is 0 Å². The molecule has 0 saturated carbocycles. The molecule has 268 valence electrons. The van der Waals surface area contributed by atoms with Crippen LogP contribution in [0.5, 0.6) is 0 Å². The number of alkyl halides is 9. The number of hydrogen-bond donors (Lipinski definition) is 2. The second-order valence-electron chi connectivity index (χ2n) is 10.9. The van der Waals surface area contributed by atoms with Crippen molar-refractivity contribution in [2.75, 3.05) is 6.54 Å². The Morgan fingerprint density at radius 3 is 1.96 bits per heavy atom. The van der Waals surface area contributed by atoms with Gasteiger partial charge in [-0.15, -0.1) is 5.69 Å². The number of hydrogen-bond acceptors (Lipinski definition) is 5. The molecule has 1 heterocycles. The van der Waals surface area contributed by atoms with Crippen LogP contribution in [-0.4, -0.2) is 81.4 Å². The van der Waals surface area contributed by atoms with Crippen LogP contribution in [0, 0.1) is 0 Å². The van der Waals surface area contributed by atoms with E-state index in [1.165, 1.54) is 54.6 Å². The molecule has 0 aliphatic carbocycles. The molecule has 2 N–H and O–H groups in total. The van der Waals surface area contributed by atoms with E-state index >= 15 is 0 Å². The van der Waals surface area contributed by atoms with E-state index in [4.69, 9.17) is 0 Å². The first-order valence-electron chi connectivity index (χ1n) is 14.3. The van der Waals surface area contributed by atoms with Crippen molar-refractivity contribution in [1.82, 2.24) is 4.90 Å². The van der Waals surface area contributed by atoms with Crippen LogP contribution in [-0.2, 0) is 32.6 Å². The number of nitrogens with zero attached hydrogens (tertiary/aromatic N) is 3. The van der Waals surface area contributed by atoms with E-state index < -0.39 is 59.7 Å². The number of para-hydroxylation sites is 1. The first kappa shape index (κ1) is 39.5. The summed E-state index contributed by atoms with van der Waals surface area (Å²) < 4.78 is 123. The maximum Gasteiger partial charge on any atom is 0.460 e. The minimum atomic E-state index is -7.38. The van der Waals surface area contributed by atoms with Crippen LogP contribution in [0.4, 0.5) is 45.2 Å². The third kappa shape index (κ3) is 8.10. The molecule has 0 spiro atoms. The van der Waals surface area contributed by atoms with Gasteiger partial charge in [0.2, 0.25) is 0 Å². The van der Waals surface area contributed by atoms with Gasteiger partial charge in [0.15, 0.2) is 12.1 Å². The average Bonchev–Trinajstić information content (AvgIpc) is 3.50. The minimum absolute atomic E-state index is 0. The molecule has 1 amide bonds. The molecule has 1 saturated heterocycles. The van der Waals surface area contributed by atoms with Crippen LogP contribution in [0.15, 0.2) is 89.9 Å². The van der Waals surface area contributed by atoms with Crippen LogP contribution in [0.2, 0.25) is 0 Å². The summed E-state index contributed by atoms with van der Waals surface area (Å²) in [6.07, 6.45) is -10.5. The Morgan fingerprint density at radius 1 is 0.837 bits per heavy atom. The second-order valence-corrected chi connectivity index (χ2v) is 10.9. The van der Waals surface area contributed by atoms with Crippen molar-refractivity contribution in [2.45, 2.75) is 61.5 Å². The molecule has 17 heteroatoms. The fourth-order valence-electron chi connectivity index (χ4n) is 5.14. The number of carbonyl (C=O) groups is 2. The Morgan fingerprint density at radius 2 is 1.39 bits per heavy atom. The first-order valence-corrected chi connectivity index (χ1v) is 14.3. The van der Waals surface area contributed by atoms with Gasteiger partial charge in [-0.25, -0.2) is 4.79 Å². The molecule has 0 bridgehead atoms. The number of rotatable bonds is 12. The van der Waals surface area contributed by atoms with E-state index in [-0.39, 0.29) is 33.3 Å². The third-order valence-corrected chi connectivity index (χ3v) is 7.67. The van der Waals surface area contributed by atoms with Crippen LogP contribution < -0.4 is 0 Å². The summed E-state index contributed by atoms with van der Waals surface area (Å²) in [7, 11) is 0. The van der Waals surface area contributed by atoms with E-state index in [2.05, 4.69) is 10.3 Å². The first-order chi connectivity index (χ1) is 22.4. The van der Waals surface area contributed by atoms with E-state index in [0.29, 0.717) is 25.9 Å². The largest absolute Gasteiger partial charge is 0.625 e. The summed E-state index contributed by atoms with van der Waals surface area (Å²) in [6, 6.07) is 17.1. The van der Waals surface area contributed by atoms with Crippen molar-refractivity contribution in [2.24, 2.45) is 4.99 Å². The smallest absolute Gasteiger partial charge is 0.460 e. The standard InChI is InChI=1S/C32H28F9N3O4.Ni/c33-29(34,30(35,36)31(37,38)32(39,40)41)26(45)25(28(47)48)43-24(20-12-5-2-6-13-20)21-14-7-8-15-22(21)42-27(46)23-16-9-17-44(23)18-19-10-3-1-4-11-19;/h1-8,10-15,23,25-26,45H,9,16-18H2,(H2,42,43,46,47,48);/p-1/t23-,25-,26-;/m0./s1. The number of aliphatic hydroxyl groups is 1. The quantitative estimate of drug-likeness (QED) is 0.118. The summed E-state index contributed by atoms with van der Waals surface area (Å²) in [5.41, 5.74) is -0.198. The Hall–Kier alpha value is -3.95. The van der Waals surface area contributed by atoms with Gasteiger partial charge in [-0.1, -0.05) is 84.9 Å². The maximum atomic E-state index is 14.7. The predicted molar refractivity (Wildman–Crippen MR) is 155 cm³/mol. The molecular weight excluding hydrogens is 720 g/mol. The van der Waals surface area contributed by atoms with E-state index in [0.717, 1.165) is 5.56 Å². The van der Waals surface area contributed by atoms with Gasteiger partial charge in [-0.05, 0) is 30.5 Å². The van der Waals surface area contributed by atoms with Crippen molar-refractivity contribution in [1.29, 1.82) is 0 Å². The van der Waals surface area contributed by atoms with Gasteiger partial charge in [0.25, 0.3) is 0 Å². The zero-order chi connectivity index (χ0) is 35.5. The van der Waals surface area contributed by atoms with E-state index in [1.54, 1.807) is 0 Å². The monoisotopic (exact) mass is 746 g/mol. The number of benzene rings is 3. The molecular formula is C32H27F9N3NiO4-. The molecule has 0 unspecified atom stereocenters. The topological polar surface area (TPSA) is 104 Å². The van der Waals surface area contributed by atoms with Gasteiger partial charge in [0, 0.05) is 28.6 Å². The number of halogens is 9. The fraction of sp³-hybridized carbons (Fsp3) is 0.344. The molecule has 0 aromatic heterocycles. The average molecular weight is 747 g/mol. The van der Waals surface area contributed by atoms with Gasteiger partial charge in [0.1, 0.15) is 0 Å². The fourth-order valence-corrected chi connectivity index (χ4v) is 5.14. The number of likely N-dealkylation sites (tertiary alicyclic amines) is 1. The van der Waals surface area contributed by atoms with Gasteiger partial charge < -0.3 is 20.3 Å². The molecule has 1 aliphatic heterocycles. The summed E-state index contributed by atoms with van der Waals surface area (Å²) in [4.78, 5) is 30.9. The van der Waals surface area contributed by atoms with E-state index in [1.807, 2.05) is 35.2 Å².